The molecule has 19 heavy (non-hydrogen) atoms. The molecule has 1 N–H and O–H groups in total. The van der Waals surface area contributed by atoms with Gasteiger partial charge in [0.15, 0.2) is 0 Å². The quantitative estimate of drug-likeness (QED) is 0.881. The van der Waals surface area contributed by atoms with E-state index in [2.05, 4.69) is 34.3 Å². The highest BCUT2D eigenvalue weighted by Gasteiger charge is 2.12. The van der Waals surface area contributed by atoms with Crippen molar-refractivity contribution in [3.8, 4) is 0 Å². The van der Waals surface area contributed by atoms with E-state index in [1.54, 1.807) is 17.5 Å². The van der Waals surface area contributed by atoms with Crippen LogP contribution in [-0.2, 0) is 13.1 Å². The van der Waals surface area contributed by atoms with Crippen molar-refractivity contribution in [3.05, 3.63) is 52.0 Å². The van der Waals surface area contributed by atoms with Crippen molar-refractivity contribution >= 4 is 11.3 Å². The van der Waals surface area contributed by atoms with Crippen molar-refractivity contribution in [1.82, 2.24) is 9.88 Å². The summed E-state index contributed by atoms with van der Waals surface area (Å²) >= 11 is 1.78. The molecular weight excluding hydrogens is 256 g/mol. The van der Waals surface area contributed by atoms with Gasteiger partial charge in [-0.25, -0.2) is 0 Å². The van der Waals surface area contributed by atoms with Gasteiger partial charge in [-0.15, -0.1) is 11.3 Å². The Kier molecular flexibility index (Phi) is 5.07. The van der Waals surface area contributed by atoms with Crippen molar-refractivity contribution in [3.63, 3.8) is 0 Å². The molecule has 0 aliphatic rings. The number of aliphatic hydroxyl groups is 1. The van der Waals surface area contributed by atoms with E-state index in [1.165, 1.54) is 16.0 Å². The first-order valence-electron chi connectivity index (χ1n) is 6.47. The summed E-state index contributed by atoms with van der Waals surface area (Å²) in [5, 5.41) is 11.8. The number of aryl methyl sites for hydroxylation is 1. The van der Waals surface area contributed by atoms with Gasteiger partial charge in [0.2, 0.25) is 0 Å². The third-order valence-corrected chi connectivity index (χ3v) is 3.99. The van der Waals surface area contributed by atoms with Crippen LogP contribution in [0.1, 0.15) is 22.9 Å². The Morgan fingerprint density at radius 1 is 1.37 bits per heavy atom. The van der Waals surface area contributed by atoms with E-state index in [0.717, 1.165) is 13.1 Å². The van der Waals surface area contributed by atoms with Crippen molar-refractivity contribution in [1.29, 1.82) is 0 Å². The number of nitrogens with zero attached hydrogens (tertiary/aromatic N) is 2. The van der Waals surface area contributed by atoms with Crippen LogP contribution in [0.5, 0.6) is 0 Å². The molecular formula is C15H20N2OS. The predicted molar refractivity (Wildman–Crippen MR) is 79.1 cm³/mol. The topological polar surface area (TPSA) is 36.4 Å². The standard InChI is InChI=1S/C15H20N2OS/c1-12-5-7-19-15(12)11-17(9-13(2)18)10-14-4-3-6-16-8-14/h3-8,13,18H,9-11H2,1-2H3. The molecule has 3 nitrogen and oxygen atoms in total. The van der Waals surface area contributed by atoms with Gasteiger partial charge in [-0.1, -0.05) is 6.07 Å². The van der Waals surface area contributed by atoms with Crippen molar-refractivity contribution in [2.75, 3.05) is 6.54 Å². The van der Waals surface area contributed by atoms with Crippen LogP contribution in [0.3, 0.4) is 0 Å². The Hall–Kier alpha value is -1.23. The molecule has 0 aliphatic heterocycles. The molecule has 0 saturated carbocycles. The van der Waals surface area contributed by atoms with Crippen LogP contribution < -0.4 is 0 Å². The zero-order valence-electron chi connectivity index (χ0n) is 11.4. The number of aromatic nitrogens is 1. The fourth-order valence-electron chi connectivity index (χ4n) is 2.08. The van der Waals surface area contributed by atoms with Gasteiger partial charge < -0.3 is 5.11 Å². The number of hydrogen-bond donors (Lipinski definition) is 1. The molecule has 0 spiro atoms. The van der Waals surface area contributed by atoms with Crippen LogP contribution in [0, 0.1) is 6.92 Å². The second-order valence-corrected chi connectivity index (χ2v) is 5.91. The van der Waals surface area contributed by atoms with Gasteiger partial charge in [0.05, 0.1) is 6.10 Å². The average Bonchev–Trinajstić information content (AvgIpc) is 2.75. The van der Waals surface area contributed by atoms with Gasteiger partial charge in [-0.2, -0.15) is 0 Å². The van der Waals surface area contributed by atoms with Gasteiger partial charge >= 0.3 is 0 Å². The number of rotatable bonds is 6. The normalized spacial score (nSPS) is 12.8. The number of hydrogen-bond acceptors (Lipinski definition) is 4. The Balaban J connectivity index is 2.06. The van der Waals surface area contributed by atoms with E-state index in [0.29, 0.717) is 6.54 Å². The van der Waals surface area contributed by atoms with E-state index < -0.39 is 0 Å². The Morgan fingerprint density at radius 2 is 2.21 bits per heavy atom. The molecule has 0 saturated heterocycles. The van der Waals surface area contributed by atoms with Crippen LogP contribution >= 0.6 is 11.3 Å². The molecule has 2 aromatic rings. The zero-order valence-corrected chi connectivity index (χ0v) is 12.2. The van der Waals surface area contributed by atoms with Gasteiger partial charge in [0, 0.05) is 36.9 Å². The summed E-state index contributed by atoms with van der Waals surface area (Å²) in [5.41, 5.74) is 2.50. The maximum atomic E-state index is 9.64. The van der Waals surface area contributed by atoms with Gasteiger partial charge in [-0.05, 0) is 42.5 Å². The number of pyridine rings is 1. The first-order chi connectivity index (χ1) is 9.15. The molecule has 0 fully saturated rings. The Labute approximate surface area is 118 Å². The van der Waals surface area contributed by atoms with Crippen LogP contribution in [0.15, 0.2) is 36.0 Å². The minimum absolute atomic E-state index is 0.322. The second kappa shape index (κ2) is 6.80. The molecule has 0 aliphatic carbocycles. The summed E-state index contributed by atoms with van der Waals surface area (Å²) in [6.45, 7) is 6.33. The largest absolute Gasteiger partial charge is 0.392 e. The summed E-state index contributed by atoms with van der Waals surface area (Å²) in [4.78, 5) is 7.77. The highest BCUT2D eigenvalue weighted by atomic mass is 32.1. The molecule has 4 heteroatoms. The van der Waals surface area contributed by atoms with E-state index in [-0.39, 0.29) is 6.10 Å². The predicted octanol–water partition coefficient (Wildman–Crippen LogP) is 2.83. The van der Waals surface area contributed by atoms with Crippen molar-refractivity contribution in [2.24, 2.45) is 0 Å². The first-order valence-corrected chi connectivity index (χ1v) is 7.35. The van der Waals surface area contributed by atoms with E-state index in [4.69, 9.17) is 0 Å². The summed E-state index contributed by atoms with van der Waals surface area (Å²) < 4.78 is 0. The first kappa shape index (κ1) is 14.2. The fraction of sp³-hybridized carbons (Fsp3) is 0.400. The minimum Gasteiger partial charge on any atom is -0.392 e. The lowest BCUT2D eigenvalue weighted by Crippen LogP contribution is -2.30. The van der Waals surface area contributed by atoms with E-state index in [9.17, 15) is 5.11 Å². The highest BCUT2D eigenvalue weighted by molar-refractivity contribution is 7.10. The molecule has 2 heterocycles. The molecule has 102 valence electrons. The molecule has 1 unspecified atom stereocenters. The summed E-state index contributed by atoms with van der Waals surface area (Å²) in [5.74, 6) is 0. The van der Waals surface area contributed by atoms with Crippen LogP contribution in [0.2, 0.25) is 0 Å². The molecule has 1 atom stereocenters. The molecule has 0 aromatic carbocycles. The van der Waals surface area contributed by atoms with E-state index in [1.807, 2.05) is 19.2 Å². The van der Waals surface area contributed by atoms with E-state index >= 15 is 0 Å². The monoisotopic (exact) mass is 276 g/mol. The van der Waals surface area contributed by atoms with Crippen molar-refractivity contribution in [2.45, 2.75) is 33.0 Å². The molecule has 0 radical (unpaired) electrons. The SMILES string of the molecule is Cc1ccsc1CN(Cc1cccnc1)CC(C)O. The maximum Gasteiger partial charge on any atom is 0.0639 e. The van der Waals surface area contributed by atoms with Gasteiger partial charge in [-0.3, -0.25) is 9.88 Å². The Morgan fingerprint density at radius 3 is 2.79 bits per heavy atom. The minimum atomic E-state index is -0.322. The lowest BCUT2D eigenvalue weighted by molar-refractivity contribution is 0.118. The van der Waals surface area contributed by atoms with Crippen LogP contribution in [-0.4, -0.2) is 27.6 Å². The maximum absolute atomic E-state index is 9.64. The Bertz CT molecular complexity index is 496. The number of thiophene rings is 1. The lowest BCUT2D eigenvalue weighted by Gasteiger charge is -2.23. The highest BCUT2D eigenvalue weighted by Crippen LogP contribution is 2.19. The number of aliphatic hydroxyl groups excluding tert-OH is 1. The molecule has 2 aromatic heterocycles. The van der Waals surface area contributed by atoms with Crippen LogP contribution in [0.4, 0.5) is 0 Å². The molecule has 0 bridgehead atoms. The smallest absolute Gasteiger partial charge is 0.0639 e. The third kappa shape index (κ3) is 4.42. The zero-order chi connectivity index (χ0) is 13.7. The lowest BCUT2D eigenvalue weighted by atomic mass is 10.2. The summed E-state index contributed by atoms with van der Waals surface area (Å²) in [7, 11) is 0. The van der Waals surface area contributed by atoms with Gasteiger partial charge in [0.1, 0.15) is 0 Å². The average molecular weight is 276 g/mol. The van der Waals surface area contributed by atoms with Crippen molar-refractivity contribution < 1.29 is 5.11 Å². The molecule has 2 rings (SSSR count). The summed E-state index contributed by atoms with van der Waals surface area (Å²) in [6, 6.07) is 6.17. The van der Waals surface area contributed by atoms with Crippen LogP contribution in [0.25, 0.3) is 0 Å². The summed E-state index contributed by atoms with van der Waals surface area (Å²) in [6.07, 6.45) is 3.35. The van der Waals surface area contributed by atoms with Gasteiger partial charge in [0.25, 0.3) is 0 Å². The molecule has 0 amide bonds. The second-order valence-electron chi connectivity index (χ2n) is 4.91. The fourth-order valence-corrected chi connectivity index (χ4v) is 3.03. The third-order valence-electron chi connectivity index (χ3n) is 2.99.